The first-order valence-corrected chi connectivity index (χ1v) is 5.62. The molecular formula is C13H16N2O. The van der Waals surface area contributed by atoms with E-state index in [0.717, 1.165) is 23.1 Å². The van der Waals surface area contributed by atoms with Gasteiger partial charge in [-0.1, -0.05) is 13.8 Å². The van der Waals surface area contributed by atoms with Gasteiger partial charge in [-0.25, -0.2) is 4.98 Å². The zero-order valence-electron chi connectivity index (χ0n) is 9.90. The van der Waals surface area contributed by atoms with Crippen molar-refractivity contribution >= 4 is 16.8 Å². The monoisotopic (exact) mass is 216 g/mol. The number of Topliss-reactive ketones (excluding diaryl/α,β-unsaturated/α-hetero) is 1. The number of ketones is 1. The second-order valence-electron chi connectivity index (χ2n) is 4.25. The van der Waals surface area contributed by atoms with Gasteiger partial charge in [-0.3, -0.25) is 4.79 Å². The number of benzene rings is 1. The van der Waals surface area contributed by atoms with Gasteiger partial charge in [0, 0.05) is 18.0 Å². The van der Waals surface area contributed by atoms with E-state index < -0.39 is 0 Å². The van der Waals surface area contributed by atoms with Crippen LogP contribution in [-0.4, -0.2) is 15.3 Å². The normalized spacial score (nSPS) is 11.2. The summed E-state index contributed by atoms with van der Waals surface area (Å²) in [5.41, 5.74) is 2.74. The molecule has 2 aromatic rings. The van der Waals surface area contributed by atoms with Gasteiger partial charge < -0.3 is 4.57 Å². The summed E-state index contributed by atoms with van der Waals surface area (Å²) in [5, 5.41) is 0. The molecule has 0 saturated heterocycles. The fraction of sp³-hybridized carbons (Fsp3) is 0.385. The molecule has 1 aromatic heterocycles. The molecule has 84 valence electrons. The molecule has 3 nitrogen and oxygen atoms in total. The third-order valence-corrected chi connectivity index (χ3v) is 2.77. The molecule has 0 radical (unpaired) electrons. The van der Waals surface area contributed by atoms with E-state index in [1.54, 1.807) is 0 Å². The van der Waals surface area contributed by atoms with Crippen LogP contribution in [0.1, 0.15) is 31.1 Å². The molecule has 0 fully saturated rings. The quantitative estimate of drug-likeness (QED) is 0.739. The molecule has 3 heteroatoms. The molecule has 0 unspecified atom stereocenters. The summed E-state index contributed by atoms with van der Waals surface area (Å²) in [5.74, 6) is 0.207. The van der Waals surface area contributed by atoms with Gasteiger partial charge in [-0.2, -0.15) is 0 Å². The fourth-order valence-electron chi connectivity index (χ4n) is 1.80. The molecule has 16 heavy (non-hydrogen) atoms. The summed E-state index contributed by atoms with van der Waals surface area (Å²) >= 11 is 0. The van der Waals surface area contributed by atoms with Crippen molar-refractivity contribution in [3.8, 4) is 0 Å². The number of hydrogen-bond acceptors (Lipinski definition) is 2. The zero-order chi connectivity index (χ0) is 11.7. The first kappa shape index (κ1) is 10.9. The summed E-state index contributed by atoms with van der Waals surface area (Å²) in [6, 6.07) is 5.74. The van der Waals surface area contributed by atoms with E-state index in [2.05, 4.69) is 16.5 Å². The summed E-state index contributed by atoms with van der Waals surface area (Å²) in [6.45, 7) is 6.80. The van der Waals surface area contributed by atoms with Gasteiger partial charge in [0.1, 0.15) is 0 Å². The van der Waals surface area contributed by atoms with Crippen LogP contribution < -0.4 is 0 Å². The fourth-order valence-corrected chi connectivity index (χ4v) is 1.80. The highest BCUT2D eigenvalue weighted by molar-refractivity contribution is 6.00. The molecule has 1 aromatic carbocycles. The molecule has 0 atom stereocenters. The van der Waals surface area contributed by atoms with Crippen molar-refractivity contribution < 1.29 is 4.79 Å². The highest BCUT2D eigenvalue weighted by Gasteiger charge is 2.11. The molecule has 0 spiro atoms. The molecule has 1 heterocycles. The van der Waals surface area contributed by atoms with Crippen LogP contribution in [-0.2, 0) is 6.54 Å². The molecule has 0 N–H and O–H groups in total. The minimum Gasteiger partial charge on any atom is -0.331 e. The number of fused-ring (bicyclic) bond motifs is 1. The molecular weight excluding hydrogens is 200 g/mol. The molecule has 0 aliphatic rings. The molecule has 0 saturated carbocycles. The Hall–Kier alpha value is -1.64. The summed E-state index contributed by atoms with van der Waals surface area (Å²) in [4.78, 5) is 16.1. The van der Waals surface area contributed by atoms with Crippen molar-refractivity contribution in [3.05, 3.63) is 30.1 Å². The van der Waals surface area contributed by atoms with Crippen molar-refractivity contribution in [1.29, 1.82) is 0 Å². The SMILES string of the molecule is CCn1cnc2cc(C(=O)C(C)C)ccc21. The van der Waals surface area contributed by atoms with Gasteiger partial charge in [0.2, 0.25) is 0 Å². The number of hydrogen-bond donors (Lipinski definition) is 0. The van der Waals surface area contributed by atoms with Crippen LogP contribution in [0.2, 0.25) is 0 Å². The average molecular weight is 216 g/mol. The molecule has 0 aliphatic carbocycles. The van der Waals surface area contributed by atoms with Crippen molar-refractivity contribution in [1.82, 2.24) is 9.55 Å². The van der Waals surface area contributed by atoms with Gasteiger partial charge in [0.15, 0.2) is 5.78 Å². The number of aromatic nitrogens is 2. The van der Waals surface area contributed by atoms with Crippen LogP contribution in [0.4, 0.5) is 0 Å². The first-order valence-electron chi connectivity index (χ1n) is 5.62. The standard InChI is InChI=1S/C13H16N2O/c1-4-15-8-14-11-7-10(5-6-12(11)15)13(16)9(2)3/h5-9H,4H2,1-3H3. The number of imidazole rings is 1. The zero-order valence-corrected chi connectivity index (χ0v) is 9.90. The number of rotatable bonds is 3. The Balaban J connectivity index is 2.49. The number of nitrogens with zero attached hydrogens (tertiary/aromatic N) is 2. The lowest BCUT2D eigenvalue weighted by Crippen LogP contribution is -2.07. The summed E-state index contributed by atoms with van der Waals surface area (Å²) in [6.07, 6.45) is 1.81. The van der Waals surface area contributed by atoms with Gasteiger partial charge in [0.25, 0.3) is 0 Å². The van der Waals surface area contributed by atoms with E-state index >= 15 is 0 Å². The molecule has 0 bridgehead atoms. The van der Waals surface area contributed by atoms with E-state index in [0.29, 0.717) is 0 Å². The van der Waals surface area contributed by atoms with E-state index in [9.17, 15) is 4.79 Å². The van der Waals surface area contributed by atoms with Crippen LogP contribution in [0.15, 0.2) is 24.5 Å². The smallest absolute Gasteiger partial charge is 0.165 e. The highest BCUT2D eigenvalue weighted by atomic mass is 16.1. The summed E-state index contributed by atoms with van der Waals surface area (Å²) < 4.78 is 2.07. The average Bonchev–Trinajstić information content (AvgIpc) is 2.69. The van der Waals surface area contributed by atoms with Crippen molar-refractivity contribution in [3.63, 3.8) is 0 Å². The highest BCUT2D eigenvalue weighted by Crippen LogP contribution is 2.17. The van der Waals surface area contributed by atoms with Crippen LogP contribution in [0, 0.1) is 5.92 Å². The van der Waals surface area contributed by atoms with Crippen LogP contribution >= 0.6 is 0 Å². The third-order valence-electron chi connectivity index (χ3n) is 2.77. The van der Waals surface area contributed by atoms with E-state index in [1.807, 2.05) is 38.4 Å². The van der Waals surface area contributed by atoms with Gasteiger partial charge >= 0.3 is 0 Å². The first-order chi connectivity index (χ1) is 7.63. The van der Waals surface area contributed by atoms with Crippen LogP contribution in [0.25, 0.3) is 11.0 Å². The van der Waals surface area contributed by atoms with E-state index in [4.69, 9.17) is 0 Å². The minimum absolute atomic E-state index is 0.0331. The number of carbonyl (C=O) groups excluding carboxylic acids is 1. The summed E-state index contributed by atoms with van der Waals surface area (Å²) in [7, 11) is 0. The Morgan fingerprint density at radius 2 is 2.19 bits per heavy atom. The lowest BCUT2D eigenvalue weighted by atomic mass is 10.0. The van der Waals surface area contributed by atoms with Gasteiger partial charge in [0.05, 0.1) is 17.4 Å². The number of aryl methyl sites for hydroxylation is 1. The van der Waals surface area contributed by atoms with E-state index in [1.165, 1.54) is 0 Å². The van der Waals surface area contributed by atoms with Crippen molar-refractivity contribution in [2.75, 3.05) is 0 Å². The Labute approximate surface area is 95.1 Å². The Kier molecular flexibility index (Phi) is 2.77. The maximum absolute atomic E-state index is 11.8. The second-order valence-corrected chi connectivity index (χ2v) is 4.25. The van der Waals surface area contributed by atoms with E-state index in [-0.39, 0.29) is 11.7 Å². The Morgan fingerprint density at radius 1 is 1.44 bits per heavy atom. The molecule has 0 aliphatic heterocycles. The van der Waals surface area contributed by atoms with Crippen LogP contribution in [0.5, 0.6) is 0 Å². The second kappa shape index (κ2) is 4.08. The van der Waals surface area contributed by atoms with Gasteiger partial charge in [-0.05, 0) is 25.1 Å². The Bertz CT molecular complexity index is 526. The largest absolute Gasteiger partial charge is 0.331 e. The van der Waals surface area contributed by atoms with Crippen LogP contribution in [0.3, 0.4) is 0 Å². The molecule has 2 rings (SSSR count). The number of carbonyl (C=O) groups is 1. The van der Waals surface area contributed by atoms with Crippen molar-refractivity contribution in [2.24, 2.45) is 5.92 Å². The van der Waals surface area contributed by atoms with Crippen molar-refractivity contribution in [2.45, 2.75) is 27.3 Å². The topological polar surface area (TPSA) is 34.9 Å². The van der Waals surface area contributed by atoms with Gasteiger partial charge in [-0.15, -0.1) is 0 Å². The lowest BCUT2D eigenvalue weighted by molar-refractivity contribution is 0.0939. The predicted molar refractivity (Wildman–Crippen MR) is 64.6 cm³/mol. The maximum Gasteiger partial charge on any atom is 0.165 e. The predicted octanol–water partition coefficient (Wildman–Crippen LogP) is 2.89. The lowest BCUT2D eigenvalue weighted by Gasteiger charge is -2.04. The third kappa shape index (κ3) is 1.73. The Morgan fingerprint density at radius 3 is 2.81 bits per heavy atom. The molecule has 0 amide bonds. The minimum atomic E-state index is 0.0331. The maximum atomic E-state index is 11.8.